The average Bonchev–Trinajstić information content (AvgIpc) is 4.17. The Bertz CT molecular complexity index is 2720. The van der Waals surface area contributed by atoms with Crippen LogP contribution in [-0.2, 0) is 35.8 Å². The lowest BCUT2D eigenvalue weighted by atomic mass is 10.2. The van der Waals surface area contributed by atoms with Crippen molar-refractivity contribution in [3.05, 3.63) is 133 Å². The number of aromatic amines is 2. The summed E-state index contributed by atoms with van der Waals surface area (Å²) in [6.45, 7) is 9.14. The topological polar surface area (TPSA) is 176 Å². The van der Waals surface area contributed by atoms with Gasteiger partial charge in [-0.05, 0) is 62.4 Å². The molecule has 0 unspecified atom stereocenters. The first-order valence-corrected chi connectivity index (χ1v) is 21.5. The Morgan fingerprint density at radius 2 is 1.30 bits per heavy atom. The number of hydrogen-bond donors (Lipinski definition) is 2. The van der Waals surface area contributed by atoms with E-state index in [9.17, 15) is 9.59 Å². The van der Waals surface area contributed by atoms with Gasteiger partial charge in [0.15, 0.2) is 4.96 Å². The molecule has 0 spiro atoms. The third-order valence-corrected chi connectivity index (χ3v) is 11.3. The Morgan fingerprint density at radius 1 is 0.730 bits per heavy atom. The van der Waals surface area contributed by atoms with Gasteiger partial charge >= 0.3 is 12.2 Å². The molecule has 19 heteroatoms. The fourth-order valence-corrected chi connectivity index (χ4v) is 8.22. The van der Waals surface area contributed by atoms with Crippen molar-refractivity contribution in [1.82, 2.24) is 38.7 Å². The highest BCUT2D eigenvalue weighted by Gasteiger charge is 2.25. The van der Waals surface area contributed by atoms with E-state index < -0.39 is 12.2 Å². The van der Waals surface area contributed by atoms with E-state index in [1.54, 1.807) is 33.8 Å². The zero-order chi connectivity index (χ0) is 43.1. The molecule has 18 nitrogen and oxygen atoms in total. The highest BCUT2D eigenvalue weighted by Crippen LogP contribution is 2.37. The average molecular weight is 871 g/mol. The lowest BCUT2D eigenvalue weighted by Crippen LogP contribution is -2.34. The molecule has 0 aliphatic carbocycles. The number of carbonyl (C=O) groups excluding carboxylic acids is 2. The smallest absolute Gasteiger partial charge is 0.414 e. The number of aromatic nitrogens is 8. The van der Waals surface area contributed by atoms with E-state index in [0.29, 0.717) is 45.1 Å². The molecule has 0 radical (unpaired) electrons. The first-order valence-electron chi connectivity index (χ1n) is 20.6. The summed E-state index contributed by atoms with van der Waals surface area (Å²) in [6, 6.07) is 17.3. The molecule has 324 valence electrons. The molecule has 8 heterocycles. The number of thiazole rings is 1. The Hall–Kier alpha value is -7.54. The number of carbonyl (C=O) groups is 2. The second-order valence-electron chi connectivity index (χ2n) is 14.6. The van der Waals surface area contributed by atoms with E-state index in [2.05, 4.69) is 39.7 Å². The minimum Gasteiger partial charge on any atom is -0.490 e. The van der Waals surface area contributed by atoms with Crippen LogP contribution in [0.15, 0.2) is 110 Å². The van der Waals surface area contributed by atoms with Crippen molar-refractivity contribution in [2.45, 2.75) is 40.2 Å². The number of hydrogen-bond acceptors (Lipinski definition) is 13. The summed E-state index contributed by atoms with van der Waals surface area (Å²) in [5.41, 5.74) is 7.67. The normalized spacial score (nSPS) is 13.0. The summed E-state index contributed by atoms with van der Waals surface area (Å²) in [5, 5.41) is 1.96. The van der Waals surface area contributed by atoms with Crippen molar-refractivity contribution in [2.75, 3.05) is 59.0 Å². The summed E-state index contributed by atoms with van der Waals surface area (Å²) >= 11 is 1.54. The van der Waals surface area contributed by atoms with E-state index in [-0.39, 0.29) is 13.2 Å². The van der Waals surface area contributed by atoms with Crippen LogP contribution in [0.5, 0.6) is 11.5 Å². The molecule has 10 rings (SSSR count). The van der Waals surface area contributed by atoms with Crippen molar-refractivity contribution >= 4 is 56.9 Å². The fourth-order valence-electron chi connectivity index (χ4n) is 7.50. The van der Waals surface area contributed by atoms with Crippen molar-refractivity contribution < 1.29 is 28.5 Å². The van der Waals surface area contributed by atoms with E-state index in [4.69, 9.17) is 18.9 Å². The Kier molecular flexibility index (Phi) is 12.1. The lowest BCUT2D eigenvalue weighted by molar-refractivity contribution is 0.145. The molecular formula is C44H46N12O6S. The predicted molar refractivity (Wildman–Crippen MR) is 238 cm³/mol. The molecule has 2 N–H and O–H groups in total. The van der Waals surface area contributed by atoms with Crippen LogP contribution in [0.3, 0.4) is 0 Å². The van der Waals surface area contributed by atoms with Gasteiger partial charge in [-0.3, -0.25) is 14.2 Å². The van der Waals surface area contributed by atoms with Crippen molar-refractivity contribution in [1.29, 1.82) is 0 Å². The van der Waals surface area contributed by atoms with E-state index in [1.807, 2.05) is 120 Å². The Labute approximate surface area is 366 Å². The molecule has 2 aromatic carbocycles. The molecule has 2 amide bonds. The maximum Gasteiger partial charge on any atom is 0.414 e. The third kappa shape index (κ3) is 9.23. The number of H-pyrrole nitrogens is 2. The van der Waals surface area contributed by atoms with Crippen LogP contribution < -0.4 is 29.1 Å². The molecule has 8 aromatic rings. The van der Waals surface area contributed by atoms with Crippen LogP contribution in [0.2, 0.25) is 0 Å². The fraction of sp³-hybridized carbons (Fsp3) is 0.273. The molecule has 0 fully saturated rings. The first kappa shape index (κ1) is 40.8. The van der Waals surface area contributed by atoms with Crippen molar-refractivity contribution in [3.63, 3.8) is 0 Å². The zero-order valence-corrected chi connectivity index (χ0v) is 35.6. The van der Waals surface area contributed by atoms with Crippen LogP contribution in [0.25, 0.3) is 10.6 Å². The van der Waals surface area contributed by atoms with Gasteiger partial charge in [0.25, 0.3) is 0 Å². The van der Waals surface area contributed by atoms with E-state index in [0.717, 1.165) is 75.0 Å². The number of nitrogens with zero attached hydrogens (tertiary/aromatic N) is 10. The van der Waals surface area contributed by atoms with Gasteiger partial charge < -0.3 is 43.1 Å². The summed E-state index contributed by atoms with van der Waals surface area (Å²) in [6.07, 6.45) is 13.7. The van der Waals surface area contributed by atoms with Gasteiger partial charge in [0, 0.05) is 67.0 Å². The van der Waals surface area contributed by atoms with Crippen LogP contribution in [0.1, 0.15) is 36.6 Å². The minimum absolute atomic E-state index is 0.108. The highest BCUT2D eigenvalue weighted by atomic mass is 32.1. The van der Waals surface area contributed by atoms with Gasteiger partial charge in [-0.15, -0.1) is 11.3 Å². The molecule has 2 aliphatic rings. The number of rotatable bonds is 12. The van der Waals surface area contributed by atoms with Gasteiger partial charge in [0.2, 0.25) is 0 Å². The number of nitrogens with one attached hydrogen (secondary N) is 2. The molecule has 0 saturated carbocycles. The summed E-state index contributed by atoms with van der Waals surface area (Å²) < 4.78 is 26.6. The maximum absolute atomic E-state index is 12.9. The van der Waals surface area contributed by atoms with Gasteiger partial charge in [0.05, 0.1) is 73.0 Å². The standard InChI is InChI=1S/C23H24N6O3.C21H22N6O3S/c1-2-29(23(30)32-15-18-14-28-8-4-3-5-22(28)26-18)19-6-7-21-20(11-19)27(9-10-31-21)13-17-12-24-16-25-17;1-2-27(21(28)30-13-16-12-26-6-8-31-20(26)24-16)17-3-4-19-18(9-17)25(5-7-29-19)11-15-10-22-14-23-15/h3-8,11-12,14,16H,2,9-10,13,15H2,1H3,(H,24,25);3-4,6,8-10,12,14H,2,5,7,11,13H2,1H3,(H,22,23). The van der Waals surface area contributed by atoms with Crippen LogP contribution >= 0.6 is 11.3 Å². The molecular weight excluding hydrogens is 825 g/mol. The number of anilines is 4. The van der Waals surface area contributed by atoms with Crippen LogP contribution in [-0.4, -0.2) is 90.3 Å². The molecule has 2 aliphatic heterocycles. The van der Waals surface area contributed by atoms with Gasteiger partial charge in [-0.25, -0.2) is 29.5 Å². The predicted octanol–water partition coefficient (Wildman–Crippen LogP) is 7.30. The molecule has 0 atom stereocenters. The lowest BCUT2D eigenvalue weighted by Gasteiger charge is -2.32. The highest BCUT2D eigenvalue weighted by molar-refractivity contribution is 7.15. The molecule has 0 saturated heterocycles. The quantitative estimate of drug-likeness (QED) is 0.126. The Morgan fingerprint density at radius 3 is 1.83 bits per heavy atom. The second-order valence-corrected chi connectivity index (χ2v) is 15.5. The molecule has 6 aromatic heterocycles. The van der Waals surface area contributed by atoms with E-state index >= 15 is 0 Å². The Balaban J connectivity index is 0.000000160. The third-order valence-electron chi connectivity index (χ3n) is 10.6. The number of fused-ring (bicyclic) bond motifs is 4. The number of benzene rings is 2. The summed E-state index contributed by atoms with van der Waals surface area (Å²) in [5.74, 6) is 1.60. The number of imidazole rings is 4. The summed E-state index contributed by atoms with van der Waals surface area (Å²) in [7, 11) is 0. The maximum atomic E-state index is 12.9. The number of ether oxygens (including phenoxy) is 4. The summed E-state index contributed by atoms with van der Waals surface area (Å²) in [4.78, 5) is 57.6. The van der Waals surface area contributed by atoms with Crippen molar-refractivity contribution in [2.24, 2.45) is 0 Å². The van der Waals surface area contributed by atoms with Gasteiger partial charge in [-0.2, -0.15) is 0 Å². The minimum atomic E-state index is -0.415. The molecule has 0 bridgehead atoms. The van der Waals surface area contributed by atoms with E-state index in [1.165, 1.54) is 0 Å². The van der Waals surface area contributed by atoms with Gasteiger partial charge in [-0.1, -0.05) is 6.07 Å². The van der Waals surface area contributed by atoms with Crippen molar-refractivity contribution in [3.8, 4) is 11.5 Å². The van der Waals surface area contributed by atoms with Crippen LogP contribution in [0.4, 0.5) is 32.3 Å². The second kappa shape index (κ2) is 18.6. The number of amides is 2. The van der Waals surface area contributed by atoms with Gasteiger partial charge in [0.1, 0.15) is 43.6 Å². The largest absolute Gasteiger partial charge is 0.490 e. The molecule has 63 heavy (non-hydrogen) atoms. The zero-order valence-electron chi connectivity index (χ0n) is 34.8. The van der Waals surface area contributed by atoms with Crippen LogP contribution in [0, 0.1) is 0 Å². The number of pyridine rings is 1. The monoisotopic (exact) mass is 870 g/mol. The SMILES string of the molecule is CCN(C(=O)OCc1cn2ccccc2n1)c1ccc2c(c1)N(Cc1cnc[nH]1)CCO2.CCN(C(=O)OCc1cn2ccsc2n1)c1ccc2c(c1)N(Cc1cnc[nH]1)CCO2. The first-order chi connectivity index (χ1) is 30.9.